The largest absolute Gasteiger partial charge is 0.383 e. The normalized spacial score (nSPS) is 30.7. The van der Waals surface area contributed by atoms with E-state index >= 15 is 0 Å². The van der Waals surface area contributed by atoms with Gasteiger partial charge in [0.05, 0.1) is 6.04 Å². The van der Waals surface area contributed by atoms with Crippen LogP contribution in [-0.4, -0.2) is 52.5 Å². The summed E-state index contributed by atoms with van der Waals surface area (Å²) in [7, 11) is 0. The molecule has 1 unspecified atom stereocenters. The van der Waals surface area contributed by atoms with Crippen LogP contribution in [0, 0.1) is 6.92 Å². The molecule has 1 aromatic rings. The summed E-state index contributed by atoms with van der Waals surface area (Å²) in [5.74, 6) is 1.57. The van der Waals surface area contributed by atoms with Crippen molar-refractivity contribution in [3.8, 4) is 0 Å². The van der Waals surface area contributed by atoms with Gasteiger partial charge in [-0.05, 0) is 13.3 Å². The van der Waals surface area contributed by atoms with Crippen LogP contribution in [0.25, 0.3) is 0 Å². The number of anilines is 1. The first-order valence-electron chi connectivity index (χ1n) is 6.78. The zero-order valence-corrected chi connectivity index (χ0v) is 11.2. The zero-order chi connectivity index (χ0) is 12.7. The van der Waals surface area contributed by atoms with Gasteiger partial charge in [0, 0.05) is 44.0 Å². The average molecular weight is 247 g/mol. The van der Waals surface area contributed by atoms with Crippen molar-refractivity contribution in [3.63, 3.8) is 0 Å². The lowest BCUT2D eigenvalue weighted by Gasteiger charge is -2.46. The molecule has 0 aromatic carbocycles. The molecular weight excluding hydrogens is 226 g/mol. The molecule has 3 saturated heterocycles. The maximum absolute atomic E-state index is 6.05. The number of rotatable bonds is 2. The smallest absolute Gasteiger partial charge is 0.149 e. The van der Waals surface area contributed by atoms with Gasteiger partial charge in [0.15, 0.2) is 0 Å². The van der Waals surface area contributed by atoms with E-state index in [1.54, 1.807) is 0 Å². The van der Waals surface area contributed by atoms with Crippen molar-refractivity contribution in [2.24, 2.45) is 0 Å². The Balaban J connectivity index is 1.93. The van der Waals surface area contributed by atoms with Crippen LogP contribution in [0.15, 0.2) is 0 Å². The van der Waals surface area contributed by atoms with Crippen LogP contribution < -0.4 is 5.73 Å². The molecule has 0 amide bonds. The molecule has 5 heteroatoms. The average Bonchev–Trinajstić information content (AvgIpc) is 2.39. The van der Waals surface area contributed by atoms with E-state index in [0.717, 1.165) is 43.1 Å². The third kappa shape index (κ3) is 1.87. The fraction of sp³-hybridized carbons (Fsp3) is 0.692. The Morgan fingerprint density at radius 2 is 1.94 bits per heavy atom. The number of fused-ring (bicyclic) bond motifs is 3. The van der Waals surface area contributed by atoms with Crippen LogP contribution in [0.5, 0.6) is 0 Å². The van der Waals surface area contributed by atoms with Gasteiger partial charge in [-0.3, -0.25) is 9.80 Å². The molecular formula is C13H21N5. The minimum atomic E-state index is 0.333. The van der Waals surface area contributed by atoms with Crippen molar-refractivity contribution in [2.45, 2.75) is 26.3 Å². The van der Waals surface area contributed by atoms with Crippen molar-refractivity contribution < 1.29 is 0 Å². The standard InChI is InChI=1S/C13H21N5/c1-3-10-9(2)15-13(16-12(10)14)11-8-17-4-6-18(11)7-5-17/h11H,3-8H2,1-2H3,(H2,14,15,16). The minimum Gasteiger partial charge on any atom is -0.383 e. The van der Waals surface area contributed by atoms with Gasteiger partial charge in [-0.2, -0.15) is 0 Å². The first-order valence-corrected chi connectivity index (χ1v) is 6.78. The van der Waals surface area contributed by atoms with Gasteiger partial charge in [-0.1, -0.05) is 6.92 Å². The van der Waals surface area contributed by atoms with Crippen molar-refractivity contribution in [1.82, 2.24) is 19.8 Å². The molecule has 3 aliphatic heterocycles. The highest BCUT2D eigenvalue weighted by Crippen LogP contribution is 2.28. The maximum atomic E-state index is 6.05. The van der Waals surface area contributed by atoms with Gasteiger partial charge in [0.25, 0.3) is 0 Å². The van der Waals surface area contributed by atoms with Gasteiger partial charge in [0.2, 0.25) is 0 Å². The topological polar surface area (TPSA) is 58.3 Å². The molecule has 1 atom stereocenters. The summed E-state index contributed by atoms with van der Waals surface area (Å²) in [5, 5.41) is 0. The molecule has 0 saturated carbocycles. The van der Waals surface area contributed by atoms with Crippen molar-refractivity contribution in [3.05, 3.63) is 17.1 Å². The summed E-state index contributed by atoms with van der Waals surface area (Å²) < 4.78 is 0. The van der Waals surface area contributed by atoms with Gasteiger partial charge < -0.3 is 5.73 Å². The number of aromatic nitrogens is 2. The predicted molar refractivity (Wildman–Crippen MR) is 71.3 cm³/mol. The van der Waals surface area contributed by atoms with E-state index < -0.39 is 0 Å². The number of piperazine rings is 3. The molecule has 4 heterocycles. The van der Waals surface area contributed by atoms with Crippen LogP contribution >= 0.6 is 0 Å². The van der Waals surface area contributed by atoms with E-state index in [2.05, 4.69) is 26.7 Å². The number of hydrogen-bond donors (Lipinski definition) is 1. The molecule has 0 spiro atoms. The number of nitrogen functional groups attached to an aromatic ring is 1. The zero-order valence-electron chi connectivity index (χ0n) is 11.2. The number of hydrogen-bond acceptors (Lipinski definition) is 5. The van der Waals surface area contributed by atoms with Gasteiger partial charge in [0.1, 0.15) is 11.6 Å². The van der Waals surface area contributed by atoms with Crippen molar-refractivity contribution in [1.29, 1.82) is 0 Å². The molecule has 2 N–H and O–H groups in total. The van der Waals surface area contributed by atoms with Gasteiger partial charge >= 0.3 is 0 Å². The van der Waals surface area contributed by atoms with E-state index in [0.29, 0.717) is 11.9 Å². The Labute approximate surface area is 108 Å². The monoisotopic (exact) mass is 247 g/mol. The summed E-state index contributed by atoms with van der Waals surface area (Å²) in [6, 6.07) is 0.333. The van der Waals surface area contributed by atoms with Crippen LogP contribution in [0.3, 0.4) is 0 Å². The number of nitrogens with two attached hydrogens (primary N) is 1. The molecule has 1 aromatic heterocycles. The van der Waals surface area contributed by atoms with E-state index in [1.165, 1.54) is 13.1 Å². The molecule has 0 radical (unpaired) electrons. The van der Waals surface area contributed by atoms with E-state index in [9.17, 15) is 0 Å². The Morgan fingerprint density at radius 1 is 1.22 bits per heavy atom. The van der Waals surface area contributed by atoms with E-state index in [-0.39, 0.29) is 0 Å². The SMILES string of the molecule is CCc1c(C)nc(C2CN3CCN2CC3)nc1N. The van der Waals surface area contributed by atoms with Gasteiger partial charge in [-0.25, -0.2) is 9.97 Å². The quantitative estimate of drug-likeness (QED) is 0.829. The Kier molecular flexibility index (Phi) is 2.95. The highest BCUT2D eigenvalue weighted by atomic mass is 15.4. The molecule has 5 nitrogen and oxygen atoms in total. The fourth-order valence-corrected chi connectivity index (χ4v) is 3.09. The summed E-state index contributed by atoms with van der Waals surface area (Å²) in [5.41, 5.74) is 8.19. The van der Waals surface area contributed by atoms with Crippen LogP contribution in [0.2, 0.25) is 0 Å². The Morgan fingerprint density at radius 3 is 2.44 bits per heavy atom. The third-order valence-electron chi connectivity index (χ3n) is 4.19. The third-order valence-corrected chi connectivity index (χ3v) is 4.19. The second kappa shape index (κ2) is 4.48. The van der Waals surface area contributed by atoms with E-state index in [4.69, 9.17) is 5.73 Å². The molecule has 0 aliphatic carbocycles. The Hall–Kier alpha value is -1.20. The first-order chi connectivity index (χ1) is 8.69. The molecule has 3 aliphatic rings. The lowest BCUT2D eigenvalue weighted by atomic mass is 10.1. The predicted octanol–water partition coefficient (Wildman–Crippen LogP) is 0.602. The Bertz CT molecular complexity index is 428. The molecule has 4 rings (SSSR count). The maximum Gasteiger partial charge on any atom is 0.149 e. The van der Waals surface area contributed by atoms with E-state index in [1.807, 2.05) is 6.92 Å². The molecule has 18 heavy (non-hydrogen) atoms. The summed E-state index contributed by atoms with van der Waals surface area (Å²) >= 11 is 0. The molecule has 3 fully saturated rings. The second-order valence-electron chi connectivity index (χ2n) is 5.24. The highest BCUT2D eigenvalue weighted by molar-refractivity contribution is 5.42. The summed E-state index contributed by atoms with van der Waals surface area (Å²) in [6.07, 6.45) is 0.901. The molecule has 98 valence electrons. The highest BCUT2D eigenvalue weighted by Gasteiger charge is 2.34. The van der Waals surface area contributed by atoms with Crippen LogP contribution in [0.1, 0.15) is 30.0 Å². The van der Waals surface area contributed by atoms with Crippen LogP contribution in [0.4, 0.5) is 5.82 Å². The van der Waals surface area contributed by atoms with Gasteiger partial charge in [-0.15, -0.1) is 0 Å². The first kappa shape index (κ1) is 11.9. The summed E-state index contributed by atoms with van der Waals surface area (Å²) in [4.78, 5) is 14.2. The summed E-state index contributed by atoms with van der Waals surface area (Å²) in [6.45, 7) is 9.79. The lowest BCUT2D eigenvalue weighted by Crippen LogP contribution is -2.57. The fourth-order valence-electron chi connectivity index (χ4n) is 3.09. The second-order valence-corrected chi connectivity index (χ2v) is 5.24. The van der Waals surface area contributed by atoms with Crippen molar-refractivity contribution in [2.75, 3.05) is 38.5 Å². The molecule has 2 bridgehead atoms. The number of nitrogens with zero attached hydrogens (tertiary/aromatic N) is 4. The van der Waals surface area contributed by atoms with Crippen LogP contribution in [-0.2, 0) is 6.42 Å². The minimum absolute atomic E-state index is 0.333. The number of aryl methyl sites for hydroxylation is 1. The lowest BCUT2D eigenvalue weighted by molar-refractivity contribution is 0.00863. The van der Waals surface area contributed by atoms with Crippen molar-refractivity contribution >= 4 is 5.82 Å².